The lowest BCUT2D eigenvalue weighted by atomic mass is 9.65. The molecule has 90 valence electrons. The molecule has 1 aliphatic carbocycles. The van der Waals surface area contributed by atoms with Gasteiger partial charge in [-0.3, -0.25) is 4.79 Å². The Morgan fingerprint density at radius 3 is 2.71 bits per heavy atom. The monoisotopic (exact) mass is 232 g/mol. The van der Waals surface area contributed by atoms with E-state index < -0.39 is 0 Å². The van der Waals surface area contributed by atoms with Crippen LogP contribution in [0.3, 0.4) is 0 Å². The number of fused-ring (bicyclic) bond motifs is 2. The minimum Gasteiger partial charge on any atom is -0.508 e. The van der Waals surface area contributed by atoms with Gasteiger partial charge in [-0.25, -0.2) is 0 Å². The summed E-state index contributed by atoms with van der Waals surface area (Å²) in [6.45, 7) is 1.32. The average Bonchev–Trinajstić information content (AvgIpc) is 2.35. The van der Waals surface area contributed by atoms with Gasteiger partial charge in [0.1, 0.15) is 11.5 Å². The van der Waals surface area contributed by atoms with Gasteiger partial charge in [-0.2, -0.15) is 0 Å². The van der Waals surface area contributed by atoms with Crippen molar-refractivity contribution in [2.24, 2.45) is 0 Å². The lowest BCUT2D eigenvalue weighted by molar-refractivity contribution is -0.129. The third-order valence-electron chi connectivity index (χ3n) is 4.11. The van der Waals surface area contributed by atoms with E-state index in [-0.39, 0.29) is 5.41 Å². The number of phenolic OH excluding ortho intramolecular Hbond substituents is 1. The smallest absolute Gasteiger partial charge is 0.143 e. The maximum absolute atomic E-state index is 12.3. The normalized spacial score (nSPS) is 22.5. The summed E-state index contributed by atoms with van der Waals surface area (Å²) in [5, 5.41) is 9.53. The number of Topliss-reactive ketones (excluding diaryl/α,β-unsaturated/α-hetero) is 1. The average molecular weight is 232 g/mol. The molecule has 1 heterocycles. The fraction of sp³-hybridized carbons (Fsp3) is 0.500. The van der Waals surface area contributed by atoms with Gasteiger partial charge in [0.05, 0.1) is 5.41 Å². The Balaban J connectivity index is 2.12. The van der Waals surface area contributed by atoms with Crippen molar-refractivity contribution in [2.45, 2.75) is 31.1 Å². The standard InChI is InChI=1S/C14H16O3/c15-11-2-3-12-10(9-11)1-4-13(16)14(12)5-7-17-8-6-14/h2-3,9,15H,1,4-8H2. The number of aryl methyl sites for hydroxylation is 1. The minimum atomic E-state index is -0.334. The Kier molecular flexibility index (Phi) is 2.44. The van der Waals surface area contributed by atoms with Gasteiger partial charge in [-0.1, -0.05) is 6.07 Å². The summed E-state index contributed by atoms with van der Waals surface area (Å²) < 4.78 is 5.38. The Bertz CT molecular complexity index is 459. The predicted octanol–water partition coefficient (Wildman–Crippen LogP) is 1.96. The maximum Gasteiger partial charge on any atom is 0.143 e. The van der Waals surface area contributed by atoms with E-state index in [4.69, 9.17) is 4.74 Å². The zero-order valence-electron chi connectivity index (χ0n) is 9.74. The first-order chi connectivity index (χ1) is 8.22. The molecular weight excluding hydrogens is 216 g/mol. The minimum absolute atomic E-state index is 0.292. The van der Waals surface area contributed by atoms with Gasteiger partial charge >= 0.3 is 0 Å². The Morgan fingerprint density at radius 2 is 1.94 bits per heavy atom. The van der Waals surface area contributed by atoms with Gasteiger partial charge in [0.2, 0.25) is 0 Å². The second-order valence-corrected chi connectivity index (χ2v) is 4.96. The quantitative estimate of drug-likeness (QED) is 0.743. The van der Waals surface area contributed by atoms with E-state index >= 15 is 0 Å². The Morgan fingerprint density at radius 1 is 1.18 bits per heavy atom. The van der Waals surface area contributed by atoms with Crippen molar-refractivity contribution in [1.29, 1.82) is 0 Å². The highest BCUT2D eigenvalue weighted by Gasteiger charge is 2.44. The summed E-state index contributed by atoms with van der Waals surface area (Å²) in [6, 6.07) is 5.42. The fourth-order valence-corrected chi connectivity index (χ4v) is 3.16. The number of ether oxygens (including phenoxy) is 1. The van der Waals surface area contributed by atoms with Crippen LogP contribution in [0, 0.1) is 0 Å². The number of ketones is 1. The number of hydrogen-bond acceptors (Lipinski definition) is 3. The molecule has 1 aliphatic heterocycles. The second-order valence-electron chi connectivity index (χ2n) is 4.96. The summed E-state index contributed by atoms with van der Waals surface area (Å²) in [5.41, 5.74) is 1.92. The summed E-state index contributed by atoms with van der Waals surface area (Å²) in [5.74, 6) is 0.638. The largest absolute Gasteiger partial charge is 0.508 e. The van der Waals surface area contributed by atoms with E-state index in [0.717, 1.165) is 30.4 Å². The van der Waals surface area contributed by atoms with Crippen LogP contribution in [-0.2, 0) is 21.4 Å². The van der Waals surface area contributed by atoms with Crippen molar-refractivity contribution in [1.82, 2.24) is 0 Å². The summed E-state index contributed by atoms with van der Waals surface area (Å²) in [6.07, 6.45) is 2.91. The molecule has 2 aliphatic rings. The highest BCUT2D eigenvalue weighted by Crippen LogP contribution is 2.42. The van der Waals surface area contributed by atoms with Gasteiger partial charge in [0, 0.05) is 19.6 Å². The van der Waals surface area contributed by atoms with Gasteiger partial charge < -0.3 is 9.84 Å². The van der Waals surface area contributed by atoms with Gasteiger partial charge in [-0.05, 0) is 42.5 Å². The van der Waals surface area contributed by atoms with E-state index in [1.807, 2.05) is 6.07 Å². The molecule has 0 saturated carbocycles. The molecule has 1 saturated heterocycles. The van der Waals surface area contributed by atoms with Crippen LogP contribution in [0.15, 0.2) is 18.2 Å². The molecule has 1 aromatic carbocycles. The zero-order chi connectivity index (χ0) is 11.9. The van der Waals surface area contributed by atoms with Crippen molar-refractivity contribution in [3.8, 4) is 5.75 Å². The van der Waals surface area contributed by atoms with Crippen molar-refractivity contribution in [3.63, 3.8) is 0 Å². The molecule has 1 aromatic rings. The highest BCUT2D eigenvalue weighted by atomic mass is 16.5. The third-order valence-corrected chi connectivity index (χ3v) is 4.11. The molecule has 3 rings (SSSR count). The van der Waals surface area contributed by atoms with Crippen LogP contribution in [-0.4, -0.2) is 24.1 Å². The molecule has 3 heteroatoms. The first kappa shape index (κ1) is 10.8. The van der Waals surface area contributed by atoms with E-state index in [0.29, 0.717) is 31.2 Å². The lowest BCUT2D eigenvalue weighted by Crippen LogP contribution is -2.44. The number of phenols is 1. The fourth-order valence-electron chi connectivity index (χ4n) is 3.16. The van der Waals surface area contributed by atoms with E-state index in [9.17, 15) is 9.90 Å². The number of benzene rings is 1. The molecule has 0 bridgehead atoms. The molecule has 0 radical (unpaired) electrons. The lowest BCUT2D eigenvalue weighted by Gasteiger charge is -2.40. The van der Waals surface area contributed by atoms with Crippen molar-refractivity contribution in [3.05, 3.63) is 29.3 Å². The molecule has 0 amide bonds. The number of carbonyl (C=O) groups excluding carboxylic acids is 1. The second kappa shape index (κ2) is 3.84. The molecule has 3 nitrogen and oxygen atoms in total. The first-order valence-corrected chi connectivity index (χ1v) is 6.16. The Labute approximate surface area is 100 Å². The number of hydrogen-bond donors (Lipinski definition) is 1. The maximum atomic E-state index is 12.3. The van der Waals surface area contributed by atoms with Gasteiger partial charge in [-0.15, -0.1) is 0 Å². The Hall–Kier alpha value is -1.35. The number of carbonyl (C=O) groups is 1. The number of rotatable bonds is 0. The van der Waals surface area contributed by atoms with Crippen LogP contribution in [0.1, 0.15) is 30.4 Å². The predicted molar refractivity (Wildman–Crippen MR) is 63.2 cm³/mol. The van der Waals surface area contributed by atoms with Gasteiger partial charge in [0.15, 0.2) is 0 Å². The van der Waals surface area contributed by atoms with Crippen LogP contribution in [0.2, 0.25) is 0 Å². The molecular formula is C14H16O3. The molecule has 1 N–H and O–H groups in total. The molecule has 0 atom stereocenters. The highest BCUT2D eigenvalue weighted by molar-refractivity contribution is 5.92. The summed E-state index contributed by atoms with van der Waals surface area (Å²) in [4.78, 5) is 12.3. The number of aromatic hydroxyl groups is 1. The van der Waals surface area contributed by atoms with Crippen LogP contribution in [0.4, 0.5) is 0 Å². The zero-order valence-corrected chi connectivity index (χ0v) is 9.74. The summed E-state index contributed by atoms with van der Waals surface area (Å²) >= 11 is 0. The van der Waals surface area contributed by atoms with Crippen LogP contribution >= 0.6 is 0 Å². The summed E-state index contributed by atoms with van der Waals surface area (Å²) in [7, 11) is 0. The van der Waals surface area contributed by atoms with Crippen molar-refractivity contribution < 1.29 is 14.6 Å². The van der Waals surface area contributed by atoms with Crippen molar-refractivity contribution >= 4 is 5.78 Å². The van der Waals surface area contributed by atoms with E-state index in [1.165, 1.54) is 0 Å². The molecule has 0 unspecified atom stereocenters. The van der Waals surface area contributed by atoms with Crippen LogP contribution in [0.25, 0.3) is 0 Å². The molecule has 1 fully saturated rings. The first-order valence-electron chi connectivity index (χ1n) is 6.16. The molecule has 0 aromatic heterocycles. The van der Waals surface area contributed by atoms with Gasteiger partial charge in [0.25, 0.3) is 0 Å². The van der Waals surface area contributed by atoms with E-state index in [1.54, 1.807) is 12.1 Å². The van der Waals surface area contributed by atoms with Crippen LogP contribution < -0.4 is 0 Å². The SMILES string of the molecule is O=C1CCc2cc(O)ccc2C12CCOCC2. The molecule has 17 heavy (non-hydrogen) atoms. The van der Waals surface area contributed by atoms with E-state index in [2.05, 4.69) is 0 Å². The van der Waals surface area contributed by atoms with Crippen molar-refractivity contribution in [2.75, 3.05) is 13.2 Å². The van der Waals surface area contributed by atoms with Crippen LogP contribution in [0.5, 0.6) is 5.75 Å². The molecule has 1 spiro atoms. The topological polar surface area (TPSA) is 46.5 Å². The third kappa shape index (κ3) is 1.57.